The van der Waals surface area contributed by atoms with Crippen molar-refractivity contribution in [3.05, 3.63) is 99.0 Å². The lowest BCUT2D eigenvalue weighted by atomic mass is 10.2. The van der Waals surface area contributed by atoms with Crippen LogP contribution in [0.5, 0.6) is 0 Å². The van der Waals surface area contributed by atoms with Crippen LogP contribution < -0.4 is 11.1 Å². The van der Waals surface area contributed by atoms with E-state index in [0.717, 1.165) is 12.1 Å². The molecule has 1 heterocycles. The number of anilines is 1. The minimum atomic E-state index is -0.655. The zero-order valence-electron chi connectivity index (χ0n) is 16.7. The number of nitrogens with one attached hydrogen (secondary N) is 1. The molecule has 0 fully saturated rings. The van der Waals surface area contributed by atoms with Gasteiger partial charge in [-0.2, -0.15) is 4.68 Å². The molecule has 0 aliphatic heterocycles. The third-order valence-corrected chi connectivity index (χ3v) is 5.12. The smallest absolute Gasteiger partial charge is 0.248 e. The Bertz CT molecular complexity index is 1250. The monoisotopic (exact) mass is 498 g/mol. The van der Waals surface area contributed by atoms with Crippen LogP contribution in [-0.4, -0.2) is 20.2 Å². The van der Waals surface area contributed by atoms with E-state index in [2.05, 4.69) is 20.8 Å². The molecular weight excluding hydrogens is 483 g/mol. The SMILES string of the molecule is Fc1ccc(CNc2nnnn2-c2cccc(Cl)c2Cl)c(F)c1.NCc1ccc(F)cc1F. The molecule has 4 rings (SSSR count). The summed E-state index contributed by atoms with van der Waals surface area (Å²) >= 11 is 12.1. The van der Waals surface area contributed by atoms with Gasteiger partial charge in [0.05, 0.1) is 15.7 Å². The quantitative estimate of drug-likeness (QED) is 0.365. The molecular formula is C21H16Cl2F4N6. The average molecular weight is 499 g/mol. The van der Waals surface area contributed by atoms with Gasteiger partial charge in [-0.05, 0) is 34.7 Å². The molecule has 12 heteroatoms. The zero-order valence-corrected chi connectivity index (χ0v) is 18.3. The minimum Gasteiger partial charge on any atom is -0.349 e. The molecule has 0 bridgehead atoms. The second-order valence-corrected chi connectivity index (χ2v) is 7.30. The Balaban J connectivity index is 0.000000257. The largest absolute Gasteiger partial charge is 0.349 e. The summed E-state index contributed by atoms with van der Waals surface area (Å²) in [4.78, 5) is 0. The van der Waals surface area contributed by atoms with Gasteiger partial charge in [-0.3, -0.25) is 0 Å². The van der Waals surface area contributed by atoms with Crippen LogP contribution in [0.25, 0.3) is 5.69 Å². The Morgan fingerprint density at radius 3 is 2.12 bits per heavy atom. The van der Waals surface area contributed by atoms with Crippen LogP contribution in [-0.2, 0) is 13.1 Å². The summed E-state index contributed by atoms with van der Waals surface area (Å²) in [5, 5.41) is 14.7. The number of nitrogens with zero attached hydrogens (tertiary/aromatic N) is 4. The molecule has 4 aromatic rings. The maximum atomic E-state index is 13.6. The maximum absolute atomic E-state index is 13.6. The number of aromatic nitrogens is 4. The highest BCUT2D eigenvalue weighted by Crippen LogP contribution is 2.29. The lowest BCUT2D eigenvalue weighted by molar-refractivity contribution is 0.572. The van der Waals surface area contributed by atoms with Gasteiger partial charge in [0.1, 0.15) is 23.3 Å². The first-order chi connectivity index (χ1) is 15.8. The van der Waals surface area contributed by atoms with Crippen LogP contribution >= 0.6 is 23.2 Å². The van der Waals surface area contributed by atoms with E-state index in [1.54, 1.807) is 18.2 Å². The Morgan fingerprint density at radius 1 is 0.879 bits per heavy atom. The van der Waals surface area contributed by atoms with Crippen molar-refractivity contribution < 1.29 is 17.6 Å². The van der Waals surface area contributed by atoms with Crippen LogP contribution in [0.15, 0.2) is 54.6 Å². The van der Waals surface area contributed by atoms with Crippen molar-refractivity contribution in [1.82, 2.24) is 20.2 Å². The van der Waals surface area contributed by atoms with Crippen molar-refractivity contribution in [2.24, 2.45) is 5.73 Å². The normalized spacial score (nSPS) is 10.5. The molecule has 0 unspecified atom stereocenters. The lowest BCUT2D eigenvalue weighted by Crippen LogP contribution is -2.09. The Labute approximate surface area is 195 Å². The average Bonchev–Trinajstić information content (AvgIpc) is 3.24. The number of rotatable bonds is 5. The van der Waals surface area contributed by atoms with Crippen molar-refractivity contribution in [3.8, 4) is 5.69 Å². The van der Waals surface area contributed by atoms with Gasteiger partial charge >= 0.3 is 0 Å². The standard InChI is InChI=1S/C14H9Cl2F2N5.C7H7F2N/c15-10-2-1-3-12(13(10)16)23-14(20-21-22-23)19-7-8-4-5-9(17)6-11(8)18;8-6-2-1-5(4-10)7(9)3-6/h1-6H,7H2,(H,19,20,22);1-3H,4,10H2. The molecule has 1 aromatic heterocycles. The number of hydrogen-bond acceptors (Lipinski definition) is 5. The number of hydrogen-bond donors (Lipinski definition) is 2. The van der Waals surface area contributed by atoms with Gasteiger partial charge < -0.3 is 11.1 Å². The zero-order chi connectivity index (χ0) is 24.0. The van der Waals surface area contributed by atoms with Gasteiger partial charge in [-0.15, -0.1) is 0 Å². The van der Waals surface area contributed by atoms with Crippen molar-refractivity contribution in [2.75, 3.05) is 5.32 Å². The fourth-order valence-corrected chi connectivity index (χ4v) is 3.02. The van der Waals surface area contributed by atoms with E-state index in [0.29, 0.717) is 16.3 Å². The van der Waals surface area contributed by atoms with Crippen LogP contribution in [0.4, 0.5) is 23.5 Å². The van der Waals surface area contributed by atoms with Crippen LogP contribution in [0.1, 0.15) is 11.1 Å². The van der Waals surface area contributed by atoms with Gasteiger partial charge in [0.2, 0.25) is 5.95 Å². The summed E-state index contributed by atoms with van der Waals surface area (Å²) < 4.78 is 52.6. The van der Waals surface area contributed by atoms with E-state index < -0.39 is 23.3 Å². The van der Waals surface area contributed by atoms with E-state index in [9.17, 15) is 17.6 Å². The fraction of sp³-hybridized carbons (Fsp3) is 0.0952. The summed E-state index contributed by atoms with van der Waals surface area (Å²) in [5.41, 5.74) is 6.23. The van der Waals surface area contributed by atoms with E-state index >= 15 is 0 Å². The molecule has 3 aromatic carbocycles. The van der Waals surface area contributed by atoms with Gasteiger partial charge in [0.25, 0.3) is 0 Å². The molecule has 0 saturated heterocycles. The van der Waals surface area contributed by atoms with Crippen LogP contribution in [0.3, 0.4) is 0 Å². The van der Waals surface area contributed by atoms with Gasteiger partial charge in [-0.25, -0.2) is 17.6 Å². The first-order valence-electron chi connectivity index (χ1n) is 9.34. The van der Waals surface area contributed by atoms with Crippen molar-refractivity contribution in [3.63, 3.8) is 0 Å². The number of benzene rings is 3. The molecule has 0 saturated carbocycles. The summed E-state index contributed by atoms with van der Waals surface area (Å²) in [6.07, 6.45) is 0. The minimum absolute atomic E-state index is 0.0741. The molecule has 33 heavy (non-hydrogen) atoms. The third kappa shape index (κ3) is 6.19. The number of halogens is 6. The summed E-state index contributed by atoms with van der Waals surface area (Å²) in [5.74, 6) is -2.20. The molecule has 0 radical (unpaired) electrons. The highest BCUT2D eigenvalue weighted by molar-refractivity contribution is 6.43. The van der Waals surface area contributed by atoms with Crippen LogP contribution in [0, 0.1) is 23.3 Å². The van der Waals surface area contributed by atoms with Gasteiger partial charge in [0.15, 0.2) is 0 Å². The van der Waals surface area contributed by atoms with Crippen molar-refractivity contribution >= 4 is 29.2 Å². The lowest BCUT2D eigenvalue weighted by Gasteiger charge is -2.09. The van der Waals surface area contributed by atoms with E-state index in [1.165, 1.54) is 28.9 Å². The molecule has 3 N–H and O–H groups in total. The fourth-order valence-electron chi connectivity index (χ4n) is 2.64. The van der Waals surface area contributed by atoms with E-state index in [4.69, 9.17) is 28.9 Å². The molecule has 0 amide bonds. The van der Waals surface area contributed by atoms with E-state index in [1.807, 2.05) is 0 Å². The predicted molar refractivity (Wildman–Crippen MR) is 117 cm³/mol. The Hall–Kier alpha value is -3.21. The molecule has 172 valence electrons. The van der Waals surface area contributed by atoms with Crippen molar-refractivity contribution in [1.29, 1.82) is 0 Å². The third-order valence-electron chi connectivity index (χ3n) is 4.32. The number of nitrogens with two attached hydrogens (primary N) is 1. The van der Waals surface area contributed by atoms with Gasteiger partial charge in [0, 0.05) is 36.3 Å². The number of tetrazole rings is 1. The topological polar surface area (TPSA) is 81.7 Å². The molecule has 0 atom stereocenters. The highest BCUT2D eigenvalue weighted by atomic mass is 35.5. The first-order valence-corrected chi connectivity index (χ1v) is 10.1. The highest BCUT2D eigenvalue weighted by Gasteiger charge is 2.14. The summed E-state index contributed by atoms with van der Waals surface area (Å²) in [6.45, 7) is 0.177. The first kappa shape index (κ1) is 24.4. The van der Waals surface area contributed by atoms with Crippen molar-refractivity contribution in [2.45, 2.75) is 13.1 Å². The predicted octanol–water partition coefficient (Wildman–Crippen LogP) is 5.28. The molecule has 6 nitrogen and oxygen atoms in total. The Morgan fingerprint density at radius 2 is 1.52 bits per heavy atom. The van der Waals surface area contributed by atoms with E-state index in [-0.39, 0.29) is 29.6 Å². The molecule has 0 spiro atoms. The summed E-state index contributed by atoms with van der Waals surface area (Å²) in [7, 11) is 0. The second kappa shape index (κ2) is 11.1. The van der Waals surface area contributed by atoms with Gasteiger partial charge in [-0.1, -0.05) is 46.5 Å². The molecule has 0 aliphatic rings. The van der Waals surface area contributed by atoms with Crippen LogP contribution in [0.2, 0.25) is 10.0 Å². The second-order valence-electron chi connectivity index (χ2n) is 6.52. The maximum Gasteiger partial charge on any atom is 0.248 e. The molecule has 0 aliphatic carbocycles. The Kier molecular flexibility index (Phi) is 8.21. The summed E-state index contributed by atoms with van der Waals surface area (Å²) in [6, 6.07) is 11.7.